The van der Waals surface area contributed by atoms with Crippen LogP contribution >= 0.6 is 0 Å². The van der Waals surface area contributed by atoms with Crippen molar-refractivity contribution in [2.45, 2.75) is 52.1 Å². The molecule has 1 atom stereocenters. The van der Waals surface area contributed by atoms with Crippen LogP contribution in [0.3, 0.4) is 0 Å². The maximum Gasteiger partial charge on any atom is 0.253 e. The summed E-state index contributed by atoms with van der Waals surface area (Å²) in [6.07, 6.45) is 2.28. The van der Waals surface area contributed by atoms with E-state index in [0.717, 1.165) is 12.8 Å². The first-order valence-corrected chi connectivity index (χ1v) is 8.40. The Kier molecular flexibility index (Phi) is 5.95. The number of anilines is 1. The average Bonchev–Trinajstić information content (AvgIpc) is 2.54. The van der Waals surface area contributed by atoms with Crippen LogP contribution in [0.15, 0.2) is 24.3 Å². The number of nitrogens with zero attached hydrogens (tertiary/aromatic N) is 1. The van der Waals surface area contributed by atoms with E-state index in [4.69, 9.17) is 0 Å². The van der Waals surface area contributed by atoms with Crippen molar-refractivity contribution >= 4 is 23.4 Å². The van der Waals surface area contributed by atoms with Gasteiger partial charge in [-0.1, -0.05) is 12.1 Å². The summed E-state index contributed by atoms with van der Waals surface area (Å²) < 4.78 is 0. The minimum absolute atomic E-state index is 0.00570. The number of carbonyl (C=O) groups is 3. The van der Waals surface area contributed by atoms with Gasteiger partial charge in [-0.15, -0.1) is 0 Å². The Balaban J connectivity index is 2.11. The standard InChI is InChI=1S/C18H25N3O3/c1-12(2)19-18(24)14-8-4-5-9-15(14)20-17(23)13(3)21-11-7-6-10-16(21)22/h4-5,8-9,12-13H,6-7,10-11H2,1-3H3,(H,19,24)(H,20,23)/t13-/m1/s1. The van der Waals surface area contributed by atoms with Crippen LogP contribution in [0.4, 0.5) is 5.69 Å². The summed E-state index contributed by atoms with van der Waals surface area (Å²) in [7, 11) is 0. The second-order valence-electron chi connectivity index (χ2n) is 6.38. The van der Waals surface area contributed by atoms with Crippen molar-refractivity contribution in [3.8, 4) is 0 Å². The third-order valence-electron chi connectivity index (χ3n) is 4.06. The molecule has 2 N–H and O–H groups in total. The predicted octanol–water partition coefficient (Wildman–Crippen LogP) is 2.16. The van der Waals surface area contributed by atoms with E-state index in [-0.39, 0.29) is 23.8 Å². The molecule has 1 aliphatic rings. The molecule has 0 spiro atoms. The zero-order valence-corrected chi connectivity index (χ0v) is 14.5. The number of carbonyl (C=O) groups excluding carboxylic acids is 3. The molecular formula is C18H25N3O3. The number of hydrogen-bond donors (Lipinski definition) is 2. The molecule has 24 heavy (non-hydrogen) atoms. The van der Waals surface area contributed by atoms with Crippen LogP contribution in [0.25, 0.3) is 0 Å². The van der Waals surface area contributed by atoms with Gasteiger partial charge in [0.1, 0.15) is 6.04 Å². The highest BCUT2D eigenvalue weighted by Crippen LogP contribution is 2.18. The Bertz CT molecular complexity index is 628. The van der Waals surface area contributed by atoms with Crippen LogP contribution in [-0.4, -0.2) is 41.2 Å². The van der Waals surface area contributed by atoms with Gasteiger partial charge in [-0.2, -0.15) is 0 Å². The third kappa shape index (κ3) is 4.34. The van der Waals surface area contributed by atoms with Gasteiger partial charge >= 0.3 is 0 Å². The van der Waals surface area contributed by atoms with Crippen molar-refractivity contribution in [2.75, 3.05) is 11.9 Å². The summed E-state index contributed by atoms with van der Waals surface area (Å²) >= 11 is 0. The van der Waals surface area contributed by atoms with Gasteiger partial charge in [-0.3, -0.25) is 14.4 Å². The Hall–Kier alpha value is -2.37. The van der Waals surface area contributed by atoms with E-state index in [2.05, 4.69) is 10.6 Å². The second-order valence-corrected chi connectivity index (χ2v) is 6.38. The van der Waals surface area contributed by atoms with Crippen LogP contribution in [0.1, 0.15) is 50.4 Å². The van der Waals surface area contributed by atoms with Gasteiger partial charge in [0.25, 0.3) is 5.91 Å². The second kappa shape index (κ2) is 7.95. The molecular weight excluding hydrogens is 306 g/mol. The molecule has 0 unspecified atom stereocenters. The fourth-order valence-corrected chi connectivity index (χ4v) is 2.75. The molecule has 1 aliphatic heterocycles. The number of piperidine rings is 1. The van der Waals surface area contributed by atoms with Crippen molar-refractivity contribution in [3.05, 3.63) is 29.8 Å². The number of amides is 3. The van der Waals surface area contributed by atoms with Crippen molar-refractivity contribution in [1.82, 2.24) is 10.2 Å². The van der Waals surface area contributed by atoms with E-state index in [1.165, 1.54) is 0 Å². The van der Waals surface area contributed by atoms with Crippen LogP contribution in [0, 0.1) is 0 Å². The Morgan fingerprint density at radius 3 is 2.50 bits per heavy atom. The van der Waals surface area contributed by atoms with Gasteiger partial charge < -0.3 is 15.5 Å². The summed E-state index contributed by atoms with van der Waals surface area (Å²) in [5, 5.41) is 5.61. The molecule has 130 valence electrons. The number of rotatable bonds is 5. The molecule has 0 radical (unpaired) electrons. The minimum Gasteiger partial charge on any atom is -0.350 e. The first-order valence-electron chi connectivity index (χ1n) is 8.40. The molecule has 0 saturated carbocycles. The molecule has 1 aromatic rings. The molecule has 1 heterocycles. The largest absolute Gasteiger partial charge is 0.350 e. The highest BCUT2D eigenvalue weighted by atomic mass is 16.2. The first-order chi connectivity index (χ1) is 11.4. The van der Waals surface area contributed by atoms with Gasteiger partial charge in [-0.05, 0) is 45.7 Å². The summed E-state index contributed by atoms with van der Waals surface area (Å²) in [5.41, 5.74) is 0.869. The number of nitrogens with one attached hydrogen (secondary N) is 2. The molecule has 0 bridgehead atoms. The molecule has 6 nitrogen and oxygen atoms in total. The minimum atomic E-state index is -0.556. The highest BCUT2D eigenvalue weighted by molar-refractivity contribution is 6.05. The predicted molar refractivity (Wildman–Crippen MR) is 92.7 cm³/mol. The lowest BCUT2D eigenvalue weighted by molar-refractivity contribution is -0.140. The van der Waals surface area contributed by atoms with E-state index in [1.54, 1.807) is 36.1 Å². The lowest BCUT2D eigenvalue weighted by Crippen LogP contribution is -2.47. The lowest BCUT2D eigenvalue weighted by Gasteiger charge is -2.31. The van der Waals surface area contributed by atoms with Crippen molar-refractivity contribution in [3.63, 3.8) is 0 Å². The van der Waals surface area contributed by atoms with Gasteiger partial charge in [-0.25, -0.2) is 0 Å². The summed E-state index contributed by atoms with van der Waals surface area (Å²) in [4.78, 5) is 38.3. The van der Waals surface area contributed by atoms with Crippen LogP contribution in [-0.2, 0) is 9.59 Å². The molecule has 6 heteroatoms. The van der Waals surface area contributed by atoms with Crippen molar-refractivity contribution in [2.24, 2.45) is 0 Å². The van der Waals surface area contributed by atoms with E-state index in [9.17, 15) is 14.4 Å². The smallest absolute Gasteiger partial charge is 0.253 e. The van der Waals surface area contributed by atoms with E-state index >= 15 is 0 Å². The summed E-state index contributed by atoms with van der Waals surface area (Å²) in [6, 6.07) is 6.33. The number of likely N-dealkylation sites (tertiary alicyclic amines) is 1. The van der Waals surface area contributed by atoms with E-state index in [0.29, 0.717) is 24.2 Å². The van der Waals surface area contributed by atoms with Gasteiger partial charge in [0.2, 0.25) is 11.8 Å². The monoisotopic (exact) mass is 331 g/mol. The fraction of sp³-hybridized carbons (Fsp3) is 0.500. The number of para-hydroxylation sites is 1. The SMILES string of the molecule is CC(C)NC(=O)c1ccccc1NC(=O)[C@@H](C)N1CCCCC1=O. The van der Waals surface area contributed by atoms with Crippen LogP contribution in [0.2, 0.25) is 0 Å². The average molecular weight is 331 g/mol. The van der Waals surface area contributed by atoms with Gasteiger partial charge in [0.15, 0.2) is 0 Å². The molecule has 1 aromatic carbocycles. The third-order valence-corrected chi connectivity index (χ3v) is 4.06. The van der Waals surface area contributed by atoms with Crippen LogP contribution in [0.5, 0.6) is 0 Å². The number of hydrogen-bond acceptors (Lipinski definition) is 3. The molecule has 0 aromatic heterocycles. The maximum absolute atomic E-state index is 12.5. The Morgan fingerprint density at radius 1 is 1.12 bits per heavy atom. The quantitative estimate of drug-likeness (QED) is 0.868. The topological polar surface area (TPSA) is 78.5 Å². The van der Waals surface area contributed by atoms with E-state index < -0.39 is 6.04 Å². The molecule has 3 amide bonds. The zero-order chi connectivity index (χ0) is 17.7. The Morgan fingerprint density at radius 2 is 1.83 bits per heavy atom. The van der Waals surface area contributed by atoms with Crippen molar-refractivity contribution in [1.29, 1.82) is 0 Å². The molecule has 1 fully saturated rings. The molecule has 0 aliphatic carbocycles. The first kappa shape index (κ1) is 18.0. The number of benzene rings is 1. The summed E-state index contributed by atoms with van der Waals surface area (Å²) in [6.45, 7) is 6.07. The lowest BCUT2D eigenvalue weighted by atomic mass is 10.1. The van der Waals surface area contributed by atoms with Gasteiger partial charge in [0.05, 0.1) is 11.3 Å². The molecule has 1 saturated heterocycles. The van der Waals surface area contributed by atoms with Crippen LogP contribution < -0.4 is 10.6 Å². The normalized spacial score (nSPS) is 16.0. The molecule has 2 rings (SSSR count). The maximum atomic E-state index is 12.5. The highest BCUT2D eigenvalue weighted by Gasteiger charge is 2.28. The fourth-order valence-electron chi connectivity index (χ4n) is 2.75. The zero-order valence-electron chi connectivity index (χ0n) is 14.5. The van der Waals surface area contributed by atoms with Crippen molar-refractivity contribution < 1.29 is 14.4 Å². The summed E-state index contributed by atoms with van der Waals surface area (Å²) in [5.74, 6) is -0.507. The van der Waals surface area contributed by atoms with E-state index in [1.807, 2.05) is 13.8 Å². The van der Waals surface area contributed by atoms with Gasteiger partial charge in [0, 0.05) is 19.0 Å². The Labute approximate surface area is 142 Å².